The van der Waals surface area contributed by atoms with Crippen LogP contribution in [0.5, 0.6) is 0 Å². The predicted molar refractivity (Wildman–Crippen MR) is 211 cm³/mol. The summed E-state index contributed by atoms with van der Waals surface area (Å²) in [6, 6.07) is 67.5. The highest BCUT2D eigenvalue weighted by Gasteiger charge is 2.18. The van der Waals surface area contributed by atoms with Gasteiger partial charge in [-0.1, -0.05) is 133 Å². The largest absolute Gasteiger partial charge is 0.455 e. The van der Waals surface area contributed by atoms with Gasteiger partial charge in [0.15, 0.2) is 0 Å². The van der Waals surface area contributed by atoms with Crippen molar-refractivity contribution in [2.45, 2.75) is 0 Å². The Balaban J connectivity index is 1.06. The molecule has 1 heterocycles. The molecule has 10 rings (SSSR count). The van der Waals surface area contributed by atoms with E-state index >= 15 is 0 Å². The zero-order valence-electron chi connectivity index (χ0n) is 27.3. The molecule has 1 aromatic heterocycles. The van der Waals surface area contributed by atoms with Crippen LogP contribution in [0.1, 0.15) is 0 Å². The minimum Gasteiger partial charge on any atom is -0.455 e. The lowest BCUT2D eigenvalue weighted by Gasteiger charge is -2.26. The van der Waals surface area contributed by atoms with Crippen LogP contribution in [0.25, 0.3) is 76.9 Å². The van der Waals surface area contributed by atoms with Crippen LogP contribution in [0.3, 0.4) is 0 Å². The molecule has 0 aliphatic heterocycles. The van der Waals surface area contributed by atoms with Gasteiger partial charge >= 0.3 is 0 Å². The molecule has 0 saturated heterocycles. The van der Waals surface area contributed by atoms with Crippen molar-refractivity contribution >= 4 is 60.5 Å². The Kier molecular flexibility index (Phi) is 6.53. The maximum Gasteiger partial charge on any atom is 0.143 e. The molecule has 0 amide bonds. The average Bonchev–Trinajstić information content (AvgIpc) is 3.59. The lowest BCUT2D eigenvalue weighted by Crippen LogP contribution is -2.09. The van der Waals surface area contributed by atoms with Gasteiger partial charge in [0.1, 0.15) is 11.2 Å². The minimum absolute atomic E-state index is 0.940. The van der Waals surface area contributed by atoms with Gasteiger partial charge in [-0.3, -0.25) is 0 Å². The van der Waals surface area contributed by atoms with Gasteiger partial charge in [-0.25, -0.2) is 0 Å². The molecular weight excluding hydrogens is 607 g/mol. The van der Waals surface area contributed by atoms with Crippen molar-refractivity contribution in [1.29, 1.82) is 0 Å². The highest BCUT2D eigenvalue weighted by molar-refractivity contribution is 6.24. The van der Waals surface area contributed by atoms with Crippen molar-refractivity contribution < 1.29 is 4.42 Å². The van der Waals surface area contributed by atoms with E-state index in [1.165, 1.54) is 54.6 Å². The van der Waals surface area contributed by atoms with Crippen LogP contribution < -0.4 is 4.90 Å². The number of benzene rings is 9. The molecule has 0 bridgehead atoms. The summed E-state index contributed by atoms with van der Waals surface area (Å²) in [5, 5.41) is 7.21. The van der Waals surface area contributed by atoms with Crippen LogP contribution >= 0.6 is 0 Å². The topological polar surface area (TPSA) is 16.4 Å². The molecule has 2 heteroatoms. The maximum absolute atomic E-state index is 6.53. The fraction of sp³-hybridized carbons (Fsp3) is 0. The number of rotatable bonds is 6. The van der Waals surface area contributed by atoms with E-state index < -0.39 is 0 Å². The fourth-order valence-corrected chi connectivity index (χ4v) is 7.51. The normalized spacial score (nSPS) is 11.6. The zero-order chi connectivity index (χ0) is 33.0. The predicted octanol–water partition coefficient (Wildman–Crippen LogP) is 13.8. The van der Waals surface area contributed by atoms with Crippen LogP contribution in [0.4, 0.5) is 17.1 Å². The second-order valence-electron chi connectivity index (χ2n) is 13.0. The second-order valence-corrected chi connectivity index (χ2v) is 13.0. The van der Waals surface area contributed by atoms with E-state index in [0.717, 1.165) is 39.4 Å². The Hall–Kier alpha value is -6.64. The van der Waals surface area contributed by atoms with E-state index in [0.29, 0.717) is 0 Å². The van der Waals surface area contributed by atoms with Crippen molar-refractivity contribution in [3.8, 4) is 33.4 Å². The molecule has 50 heavy (non-hydrogen) atoms. The average molecular weight is 638 g/mol. The molecule has 2 nitrogen and oxygen atoms in total. The van der Waals surface area contributed by atoms with Crippen LogP contribution in [-0.4, -0.2) is 0 Å². The molecular formula is C48H31NO. The van der Waals surface area contributed by atoms with Crippen LogP contribution in [-0.2, 0) is 0 Å². The van der Waals surface area contributed by atoms with E-state index in [1.807, 2.05) is 0 Å². The van der Waals surface area contributed by atoms with Gasteiger partial charge in [-0.05, 0) is 104 Å². The molecule has 0 unspecified atom stereocenters. The molecule has 9 aromatic carbocycles. The summed E-state index contributed by atoms with van der Waals surface area (Å²) in [6.07, 6.45) is 0. The van der Waals surface area contributed by atoms with Crippen LogP contribution in [0, 0.1) is 0 Å². The summed E-state index contributed by atoms with van der Waals surface area (Å²) in [6.45, 7) is 0. The SMILES string of the molecule is c1ccc(-c2ccc(N(c3ccc(-c4ccccc4)cc3)c3ccc4cc(-c5ccc6ccc7cccc8oc5c6c78)ccc4c3)cc2)cc1. The van der Waals surface area contributed by atoms with Crippen LogP contribution in [0.15, 0.2) is 192 Å². The summed E-state index contributed by atoms with van der Waals surface area (Å²) in [5.74, 6) is 0. The van der Waals surface area contributed by atoms with Crippen molar-refractivity contribution in [2.75, 3.05) is 4.90 Å². The van der Waals surface area contributed by atoms with Crippen molar-refractivity contribution in [1.82, 2.24) is 0 Å². The molecule has 0 aliphatic rings. The Morgan fingerprint density at radius 3 is 1.48 bits per heavy atom. The standard InChI is InChI=1S/C48H31NO/c1-3-8-32(9-4-1)34-18-24-41(25-19-34)49(42-26-20-35(21-27-42)33-10-5-2-6-11-33)43-28-22-38-30-40(17-16-39(38)31-43)44-29-23-37-15-14-36-12-7-13-45-46(36)47(37)48(44)50-45/h1-31H. The number of hydrogen-bond acceptors (Lipinski definition) is 2. The summed E-state index contributed by atoms with van der Waals surface area (Å²) in [4.78, 5) is 2.34. The van der Waals surface area contributed by atoms with E-state index in [2.05, 4.69) is 193 Å². The molecule has 0 atom stereocenters. The molecule has 0 radical (unpaired) electrons. The molecule has 0 fully saturated rings. The maximum atomic E-state index is 6.53. The number of fused-ring (bicyclic) bond motifs is 1. The third-order valence-corrected chi connectivity index (χ3v) is 10.0. The first-order valence-electron chi connectivity index (χ1n) is 17.1. The molecule has 0 saturated carbocycles. The van der Waals surface area contributed by atoms with Crippen molar-refractivity contribution in [3.05, 3.63) is 188 Å². The molecule has 10 aromatic rings. The van der Waals surface area contributed by atoms with Crippen molar-refractivity contribution in [3.63, 3.8) is 0 Å². The van der Waals surface area contributed by atoms with E-state index in [-0.39, 0.29) is 0 Å². The summed E-state index contributed by atoms with van der Waals surface area (Å²) in [5.41, 5.74) is 12.3. The Morgan fingerprint density at radius 2 is 0.820 bits per heavy atom. The summed E-state index contributed by atoms with van der Waals surface area (Å²) >= 11 is 0. The van der Waals surface area contributed by atoms with Gasteiger partial charge in [0.05, 0.1) is 0 Å². The second kappa shape index (κ2) is 11.5. The van der Waals surface area contributed by atoms with Gasteiger partial charge in [-0.2, -0.15) is 0 Å². The summed E-state index contributed by atoms with van der Waals surface area (Å²) < 4.78 is 6.53. The first kappa shape index (κ1) is 28.4. The Bertz CT molecular complexity index is 2700. The number of anilines is 3. The van der Waals surface area contributed by atoms with Gasteiger partial charge in [-0.15, -0.1) is 0 Å². The highest BCUT2D eigenvalue weighted by atomic mass is 16.3. The van der Waals surface area contributed by atoms with E-state index in [4.69, 9.17) is 4.42 Å². The molecule has 0 aliphatic carbocycles. The Labute approximate surface area is 290 Å². The van der Waals surface area contributed by atoms with E-state index in [9.17, 15) is 0 Å². The van der Waals surface area contributed by atoms with Crippen LogP contribution in [0.2, 0.25) is 0 Å². The third kappa shape index (κ3) is 4.73. The fourth-order valence-electron chi connectivity index (χ4n) is 7.51. The van der Waals surface area contributed by atoms with Gasteiger partial charge in [0.2, 0.25) is 0 Å². The number of nitrogens with zero attached hydrogens (tertiary/aromatic N) is 1. The molecule has 234 valence electrons. The Morgan fingerprint density at radius 1 is 0.320 bits per heavy atom. The first-order chi connectivity index (χ1) is 24.8. The monoisotopic (exact) mass is 637 g/mol. The van der Waals surface area contributed by atoms with Crippen molar-refractivity contribution in [2.24, 2.45) is 0 Å². The van der Waals surface area contributed by atoms with Gasteiger partial charge in [0, 0.05) is 33.4 Å². The quantitative estimate of drug-likeness (QED) is 0.169. The lowest BCUT2D eigenvalue weighted by atomic mass is 9.95. The smallest absolute Gasteiger partial charge is 0.143 e. The molecule has 0 spiro atoms. The van der Waals surface area contributed by atoms with E-state index in [1.54, 1.807) is 0 Å². The third-order valence-electron chi connectivity index (χ3n) is 10.0. The molecule has 0 N–H and O–H groups in total. The minimum atomic E-state index is 0.940. The number of furan rings is 1. The lowest BCUT2D eigenvalue weighted by molar-refractivity contribution is 0.670. The summed E-state index contributed by atoms with van der Waals surface area (Å²) in [7, 11) is 0. The van der Waals surface area contributed by atoms with Gasteiger partial charge < -0.3 is 9.32 Å². The zero-order valence-corrected chi connectivity index (χ0v) is 27.3. The highest BCUT2D eigenvalue weighted by Crippen LogP contribution is 2.43. The van der Waals surface area contributed by atoms with Gasteiger partial charge in [0.25, 0.3) is 0 Å². The first-order valence-corrected chi connectivity index (χ1v) is 17.1. The number of hydrogen-bond donors (Lipinski definition) is 0.